The average Bonchev–Trinajstić information content (AvgIpc) is 2.92. The summed E-state index contributed by atoms with van der Waals surface area (Å²) in [5, 5.41) is 0. The lowest BCUT2D eigenvalue weighted by Gasteiger charge is -2.05. The van der Waals surface area contributed by atoms with Crippen molar-refractivity contribution >= 4 is 11.7 Å². The molecule has 0 N–H and O–H groups in total. The number of methoxy groups -OCH3 is 1. The molecule has 0 unspecified atom stereocenters. The van der Waals surface area contributed by atoms with Crippen molar-refractivity contribution < 1.29 is 14.2 Å². The summed E-state index contributed by atoms with van der Waals surface area (Å²) < 4.78 is 24.1. The summed E-state index contributed by atoms with van der Waals surface area (Å²) in [6.07, 6.45) is 3.45. The average molecular weight is 281 g/mol. The zero-order valence-electron chi connectivity index (χ0n) is 10.6. The third-order valence-corrected chi connectivity index (χ3v) is 2.80. The zero-order chi connectivity index (χ0) is 13.3. The number of pyridine rings is 1. The Morgan fingerprint density at radius 3 is 2.84 bits per heavy atom. The lowest BCUT2D eigenvalue weighted by atomic mass is 10.2. The smallest absolute Gasteiger partial charge is 0.254 e. The summed E-state index contributed by atoms with van der Waals surface area (Å²) in [5.74, 6) is 0.522. The summed E-state index contributed by atoms with van der Waals surface area (Å²) >= 11 is 1.12. The molecule has 0 saturated heterocycles. The van der Waals surface area contributed by atoms with Gasteiger partial charge in [-0.05, 0) is 12.1 Å². The van der Waals surface area contributed by atoms with Crippen molar-refractivity contribution in [3.8, 4) is 17.1 Å². The fourth-order valence-corrected chi connectivity index (χ4v) is 1.92. The third-order valence-electron chi connectivity index (χ3n) is 2.29. The standard InChI is InChI=1S/C12H15N3O3S/c1-16-5-6-17-7-8-18-12-11(14-19-15-12)10-3-2-4-13-9-10/h2-4,9H,5-8H2,1H3. The first-order valence-electron chi connectivity index (χ1n) is 5.84. The Morgan fingerprint density at radius 2 is 2.05 bits per heavy atom. The third kappa shape index (κ3) is 4.23. The SMILES string of the molecule is COCCOCCOc1nsnc1-c1cccnc1. The van der Waals surface area contributed by atoms with Gasteiger partial charge in [-0.15, -0.1) is 4.37 Å². The number of hydrogen-bond acceptors (Lipinski definition) is 7. The number of rotatable bonds is 8. The van der Waals surface area contributed by atoms with E-state index in [2.05, 4.69) is 13.7 Å². The van der Waals surface area contributed by atoms with Gasteiger partial charge in [0.15, 0.2) is 0 Å². The van der Waals surface area contributed by atoms with Crippen LogP contribution in [0.2, 0.25) is 0 Å². The maximum atomic E-state index is 5.55. The summed E-state index contributed by atoms with van der Waals surface area (Å²) in [5.41, 5.74) is 1.61. The molecule has 0 atom stereocenters. The number of nitrogens with zero attached hydrogens (tertiary/aromatic N) is 3. The molecule has 0 spiro atoms. The van der Waals surface area contributed by atoms with Crippen LogP contribution >= 0.6 is 11.7 Å². The Hall–Kier alpha value is -1.57. The van der Waals surface area contributed by atoms with Gasteiger partial charge in [0.25, 0.3) is 5.88 Å². The fourth-order valence-electron chi connectivity index (χ4n) is 1.40. The molecule has 0 aliphatic carbocycles. The molecular weight excluding hydrogens is 266 g/mol. The topological polar surface area (TPSA) is 66.4 Å². The molecule has 102 valence electrons. The van der Waals surface area contributed by atoms with Gasteiger partial charge < -0.3 is 14.2 Å². The van der Waals surface area contributed by atoms with E-state index in [0.29, 0.717) is 32.3 Å². The Labute approximate surface area is 115 Å². The normalized spacial score (nSPS) is 10.6. The van der Waals surface area contributed by atoms with E-state index in [-0.39, 0.29) is 0 Å². The quantitative estimate of drug-likeness (QED) is 0.685. The van der Waals surface area contributed by atoms with Gasteiger partial charge in [0.2, 0.25) is 0 Å². The van der Waals surface area contributed by atoms with Crippen LogP contribution in [0, 0.1) is 0 Å². The Balaban J connectivity index is 1.83. The van der Waals surface area contributed by atoms with E-state index in [9.17, 15) is 0 Å². The van der Waals surface area contributed by atoms with Crippen LogP contribution in [0.5, 0.6) is 5.88 Å². The number of hydrogen-bond donors (Lipinski definition) is 0. The largest absolute Gasteiger partial charge is 0.473 e. The summed E-state index contributed by atoms with van der Waals surface area (Å²) in [6.45, 7) is 2.07. The van der Waals surface area contributed by atoms with Gasteiger partial charge >= 0.3 is 0 Å². The minimum atomic E-state index is 0.433. The molecule has 2 aromatic heterocycles. The zero-order valence-corrected chi connectivity index (χ0v) is 11.4. The van der Waals surface area contributed by atoms with Crippen molar-refractivity contribution in [2.45, 2.75) is 0 Å². The first-order valence-corrected chi connectivity index (χ1v) is 6.57. The van der Waals surface area contributed by atoms with Crippen LogP contribution in [0.15, 0.2) is 24.5 Å². The first-order chi connectivity index (χ1) is 9.42. The van der Waals surface area contributed by atoms with E-state index >= 15 is 0 Å². The number of aromatic nitrogens is 3. The molecule has 0 amide bonds. The maximum absolute atomic E-state index is 5.55. The molecule has 6 nitrogen and oxygen atoms in total. The molecule has 0 aliphatic rings. The van der Waals surface area contributed by atoms with Crippen LogP contribution in [-0.2, 0) is 9.47 Å². The van der Waals surface area contributed by atoms with Crippen LogP contribution in [-0.4, -0.2) is 47.3 Å². The molecule has 0 saturated carbocycles. The number of ether oxygens (including phenoxy) is 3. The van der Waals surface area contributed by atoms with Gasteiger partial charge in [0.05, 0.1) is 31.5 Å². The van der Waals surface area contributed by atoms with E-state index in [1.54, 1.807) is 19.5 Å². The van der Waals surface area contributed by atoms with E-state index in [1.165, 1.54) is 0 Å². The molecule has 19 heavy (non-hydrogen) atoms. The highest BCUT2D eigenvalue weighted by Gasteiger charge is 2.11. The lowest BCUT2D eigenvalue weighted by molar-refractivity contribution is 0.0539. The highest BCUT2D eigenvalue weighted by atomic mass is 32.1. The van der Waals surface area contributed by atoms with Crippen molar-refractivity contribution in [1.29, 1.82) is 0 Å². The van der Waals surface area contributed by atoms with Gasteiger partial charge in [0, 0.05) is 25.1 Å². The monoisotopic (exact) mass is 281 g/mol. The predicted octanol–water partition coefficient (Wildman–Crippen LogP) is 1.64. The van der Waals surface area contributed by atoms with Gasteiger partial charge in [-0.3, -0.25) is 4.98 Å². The van der Waals surface area contributed by atoms with Gasteiger partial charge in [0.1, 0.15) is 12.3 Å². The van der Waals surface area contributed by atoms with Crippen molar-refractivity contribution in [2.24, 2.45) is 0 Å². The molecule has 0 radical (unpaired) electrons. The Kier molecular flexibility index (Phi) is 5.67. The maximum Gasteiger partial charge on any atom is 0.254 e. The van der Waals surface area contributed by atoms with Crippen LogP contribution in [0.1, 0.15) is 0 Å². The van der Waals surface area contributed by atoms with E-state index in [0.717, 1.165) is 23.0 Å². The van der Waals surface area contributed by atoms with E-state index in [4.69, 9.17) is 14.2 Å². The summed E-state index contributed by atoms with van der Waals surface area (Å²) in [7, 11) is 1.64. The molecule has 0 fully saturated rings. The summed E-state index contributed by atoms with van der Waals surface area (Å²) in [4.78, 5) is 4.05. The predicted molar refractivity (Wildman–Crippen MR) is 71.3 cm³/mol. The van der Waals surface area contributed by atoms with E-state index in [1.807, 2.05) is 12.1 Å². The molecular formula is C12H15N3O3S. The van der Waals surface area contributed by atoms with Crippen molar-refractivity contribution in [2.75, 3.05) is 33.5 Å². The van der Waals surface area contributed by atoms with Gasteiger partial charge in [-0.1, -0.05) is 0 Å². The van der Waals surface area contributed by atoms with Crippen LogP contribution in [0.4, 0.5) is 0 Å². The van der Waals surface area contributed by atoms with Gasteiger partial charge in [-0.25, -0.2) is 0 Å². The van der Waals surface area contributed by atoms with Gasteiger partial charge in [-0.2, -0.15) is 4.37 Å². The minimum absolute atomic E-state index is 0.433. The Morgan fingerprint density at radius 1 is 1.16 bits per heavy atom. The second-order valence-corrected chi connectivity index (χ2v) is 4.14. The van der Waals surface area contributed by atoms with Crippen LogP contribution in [0.3, 0.4) is 0 Å². The molecule has 7 heteroatoms. The first kappa shape index (κ1) is 13.9. The second kappa shape index (κ2) is 7.78. The highest BCUT2D eigenvalue weighted by molar-refractivity contribution is 6.99. The van der Waals surface area contributed by atoms with E-state index < -0.39 is 0 Å². The molecule has 2 rings (SSSR count). The van der Waals surface area contributed by atoms with Crippen molar-refractivity contribution in [3.63, 3.8) is 0 Å². The molecule has 2 aromatic rings. The minimum Gasteiger partial charge on any atom is -0.473 e. The molecule has 0 aliphatic heterocycles. The second-order valence-electron chi connectivity index (χ2n) is 3.61. The van der Waals surface area contributed by atoms with Crippen LogP contribution < -0.4 is 4.74 Å². The highest BCUT2D eigenvalue weighted by Crippen LogP contribution is 2.26. The Bertz CT molecular complexity index is 478. The van der Waals surface area contributed by atoms with Crippen molar-refractivity contribution in [3.05, 3.63) is 24.5 Å². The lowest BCUT2D eigenvalue weighted by Crippen LogP contribution is -2.10. The van der Waals surface area contributed by atoms with Crippen molar-refractivity contribution in [1.82, 2.24) is 13.7 Å². The molecule has 0 bridgehead atoms. The summed E-state index contributed by atoms with van der Waals surface area (Å²) in [6, 6.07) is 3.78. The van der Waals surface area contributed by atoms with Crippen LogP contribution in [0.25, 0.3) is 11.3 Å². The molecule has 2 heterocycles. The molecule has 0 aromatic carbocycles. The fraction of sp³-hybridized carbons (Fsp3) is 0.417.